The lowest BCUT2D eigenvalue weighted by Crippen LogP contribution is -2.52. The number of nitrogens with two attached hydrogens (primary N) is 1. The minimum Gasteiger partial charge on any atom is -0.353 e. The summed E-state index contributed by atoms with van der Waals surface area (Å²) in [5.74, 6) is -0.298. The summed E-state index contributed by atoms with van der Waals surface area (Å²) >= 11 is 1.39. The number of carbonyl (C=O) groups excluding carboxylic acids is 2. The van der Waals surface area contributed by atoms with Gasteiger partial charge in [0.2, 0.25) is 5.91 Å². The molecule has 0 spiro atoms. The third-order valence-electron chi connectivity index (χ3n) is 2.73. The molecule has 1 atom stereocenters. The number of thiophene rings is 1. The van der Waals surface area contributed by atoms with E-state index in [9.17, 15) is 9.59 Å². The summed E-state index contributed by atoms with van der Waals surface area (Å²) in [5.41, 5.74) is 5.05. The van der Waals surface area contributed by atoms with Crippen LogP contribution in [0.4, 0.5) is 0 Å². The third-order valence-corrected chi connectivity index (χ3v) is 3.60. The van der Waals surface area contributed by atoms with Crippen molar-refractivity contribution in [3.05, 3.63) is 22.4 Å². The van der Waals surface area contributed by atoms with Gasteiger partial charge in [-0.2, -0.15) is 0 Å². The van der Waals surface area contributed by atoms with Crippen LogP contribution in [0.15, 0.2) is 17.5 Å². The van der Waals surface area contributed by atoms with E-state index in [1.54, 1.807) is 13.0 Å². The van der Waals surface area contributed by atoms with Crippen molar-refractivity contribution in [3.63, 3.8) is 0 Å². The van der Waals surface area contributed by atoms with Gasteiger partial charge in [0.25, 0.3) is 5.91 Å². The van der Waals surface area contributed by atoms with E-state index in [2.05, 4.69) is 10.6 Å². The van der Waals surface area contributed by atoms with Crippen LogP contribution in [0.25, 0.3) is 0 Å². The van der Waals surface area contributed by atoms with Gasteiger partial charge in [0, 0.05) is 13.1 Å². The average molecular weight is 283 g/mol. The first-order valence-electron chi connectivity index (χ1n) is 6.36. The molecular formula is C13H21N3O2S. The Labute approximate surface area is 117 Å². The fraction of sp³-hybridized carbons (Fsp3) is 0.538. The molecule has 1 aromatic heterocycles. The van der Waals surface area contributed by atoms with Crippen LogP contribution in [-0.2, 0) is 4.79 Å². The van der Waals surface area contributed by atoms with E-state index in [-0.39, 0.29) is 11.8 Å². The van der Waals surface area contributed by atoms with E-state index < -0.39 is 5.54 Å². The monoisotopic (exact) mass is 283 g/mol. The van der Waals surface area contributed by atoms with Crippen LogP contribution in [0.3, 0.4) is 0 Å². The van der Waals surface area contributed by atoms with Crippen LogP contribution in [0.1, 0.15) is 36.4 Å². The van der Waals surface area contributed by atoms with Crippen molar-refractivity contribution in [2.24, 2.45) is 5.73 Å². The molecule has 0 aliphatic carbocycles. The first-order chi connectivity index (χ1) is 8.97. The zero-order valence-electron chi connectivity index (χ0n) is 11.4. The van der Waals surface area contributed by atoms with Crippen LogP contribution >= 0.6 is 11.3 Å². The van der Waals surface area contributed by atoms with Gasteiger partial charge in [0.1, 0.15) is 0 Å². The summed E-state index contributed by atoms with van der Waals surface area (Å²) in [7, 11) is 0. The fourth-order valence-corrected chi connectivity index (χ4v) is 2.32. The van der Waals surface area contributed by atoms with E-state index in [1.165, 1.54) is 11.3 Å². The second-order valence-corrected chi connectivity index (χ2v) is 5.60. The molecule has 2 amide bonds. The standard InChI is InChI=1S/C13H21N3O2S/c1-3-6-13(2,14)12(18)16-8-7-15-11(17)10-5-4-9-19-10/h4-5,9H,3,6-8,14H2,1-2H3,(H,15,17)(H,16,18). The zero-order chi connectivity index (χ0) is 14.3. The highest BCUT2D eigenvalue weighted by Crippen LogP contribution is 2.08. The third kappa shape index (κ3) is 5.00. The quantitative estimate of drug-likeness (QED) is 0.655. The van der Waals surface area contributed by atoms with Crippen LogP contribution in [0, 0.1) is 0 Å². The summed E-state index contributed by atoms with van der Waals surface area (Å²) in [6.45, 7) is 4.48. The van der Waals surface area contributed by atoms with E-state index in [4.69, 9.17) is 5.73 Å². The second-order valence-electron chi connectivity index (χ2n) is 4.66. The lowest BCUT2D eigenvalue weighted by atomic mass is 9.97. The average Bonchev–Trinajstić information content (AvgIpc) is 2.87. The van der Waals surface area contributed by atoms with Crippen molar-refractivity contribution in [1.82, 2.24) is 10.6 Å². The molecule has 0 saturated carbocycles. The molecule has 1 heterocycles. The first kappa shape index (κ1) is 15.7. The Morgan fingerprint density at radius 3 is 2.63 bits per heavy atom. The van der Waals surface area contributed by atoms with Crippen LogP contribution in [-0.4, -0.2) is 30.4 Å². The summed E-state index contributed by atoms with van der Waals surface area (Å²) in [6.07, 6.45) is 1.50. The first-order valence-corrected chi connectivity index (χ1v) is 7.24. The second kappa shape index (κ2) is 7.25. The van der Waals surface area contributed by atoms with Crippen molar-refractivity contribution in [1.29, 1.82) is 0 Å². The molecule has 1 unspecified atom stereocenters. The molecule has 106 valence electrons. The molecule has 5 nitrogen and oxygen atoms in total. The number of amides is 2. The summed E-state index contributed by atoms with van der Waals surface area (Å²) < 4.78 is 0. The van der Waals surface area contributed by atoms with Crippen LogP contribution < -0.4 is 16.4 Å². The number of carbonyl (C=O) groups is 2. The number of nitrogens with one attached hydrogen (secondary N) is 2. The SMILES string of the molecule is CCCC(C)(N)C(=O)NCCNC(=O)c1cccs1. The topological polar surface area (TPSA) is 84.2 Å². The van der Waals surface area contributed by atoms with Crippen molar-refractivity contribution < 1.29 is 9.59 Å². The maximum Gasteiger partial charge on any atom is 0.261 e. The zero-order valence-corrected chi connectivity index (χ0v) is 12.2. The lowest BCUT2D eigenvalue weighted by Gasteiger charge is -2.22. The Hall–Kier alpha value is -1.40. The molecule has 19 heavy (non-hydrogen) atoms. The van der Waals surface area contributed by atoms with Crippen molar-refractivity contribution >= 4 is 23.2 Å². The van der Waals surface area contributed by atoms with E-state index in [0.29, 0.717) is 24.4 Å². The van der Waals surface area contributed by atoms with Gasteiger partial charge in [-0.15, -0.1) is 11.3 Å². The Balaban J connectivity index is 2.24. The van der Waals surface area contributed by atoms with Gasteiger partial charge in [-0.05, 0) is 24.8 Å². The smallest absolute Gasteiger partial charge is 0.261 e. The molecule has 0 aliphatic rings. The van der Waals surface area contributed by atoms with Gasteiger partial charge in [-0.25, -0.2) is 0 Å². The van der Waals surface area contributed by atoms with Gasteiger partial charge >= 0.3 is 0 Å². The van der Waals surface area contributed by atoms with Crippen LogP contribution in [0.2, 0.25) is 0 Å². The number of hydrogen-bond acceptors (Lipinski definition) is 4. The van der Waals surface area contributed by atoms with E-state index >= 15 is 0 Å². The van der Waals surface area contributed by atoms with Gasteiger partial charge in [0.15, 0.2) is 0 Å². The van der Waals surface area contributed by atoms with E-state index in [0.717, 1.165) is 6.42 Å². The van der Waals surface area contributed by atoms with Gasteiger partial charge < -0.3 is 16.4 Å². The molecule has 6 heteroatoms. The minimum atomic E-state index is -0.841. The van der Waals surface area contributed by atoms with Gasteiger partial charge in [-0.3, -0.25) is 9.59 Å². The van der Waals surface area contributed by atoms with Crippen molar-refractivity contribution in [3.8, 4) is 0 Å². The lowest BCUT2D eigenvalue weighted by molar-refractivity contribution is -0.126. The highest BCUT2D eigenvalue weighted by molar-refractivity contribution is 7.12. The predicted molar refractivity (Wildman–Crippen MR) is 77.2 cm³/mol. The molecule has 4 N–H and O–H groups in total. The predicted octanol–water partition coefficient (Wildman–Crippen LogP) is 1.11. The summed E-state index contributed by atoms with van der Waals surface area (Å²) in [6, 6.07) is 3.59. The summed E-state index contributed by atoms with van der Waals surface area (Å²) in [4.78, 5) is 24.1. The molecule has 0 saturated heterocycles. The number of hydrogen-bond donors (Lipinski definition) is 3. The molecule has 0 aliphatic heterocycles. The largest absolute Gasteiger partial charge is 0.353 e. The molecule has 1 aromatic rings. The summed E-state index contributed by atoms with van der Waals surface area (Å²) in [5, 5.41) is 7.32. The maximum absolute atomic E-state index is 11.8. The Bertz CT molecular complexity index is 416. The maximum atomic E-state index is 11.8. The highest BCUT2D eigenvalue weighted by Gasteiger charge is 2.26. The minimum absolute atomic E-state index is 0.117. The van der Waals surface area contributed by atoms with Crippen molar-refractivity contribution in [2.45, 2.75) is 32.2 Å². The molecule has 0 fully saturated rings. The Morgan fingerprint density at radius 2 is 2.05 bits per heavy atom. The molecular weight excluding hydrogens is 262 g/mol. The Kier molecular flexibility index (Phi) is 5.98. The Morgan fingerprint density at radius 1 is 1.37 bits per heavy atom. The molecule has 0 bridgehead atoms. The molecule has 0 aromatic carbocycles. The normalized spacial score (nSPS) is 13.6. The van der Waals surface area contributed by atoms with Gasteiger partial charge in [-0.1, -0.05) is 19.4 Å². The molecule has 1 rings (SSSR count). The number of rotatable bonds is 7. The van der Waals surface area contributed by atoms with Crippen molar-refractivity contribution in [2.75, 3.05) is 13.1 Å². The van der Waals surface area contributed by atoms with Gasteiger partial charge in [0.05, 0.1) is 10.4 Å². The fourth-order valence-electron chi connectivity index (χ4n) is 1.68. The van der Waals surface area contributed by atoms with Crippen LogP contribution in [0.5, 0.6) is 0 Å². The van der Waals surface area contributed by atoms with E-state index in [1.807, 2.05) is 18.4 Å². The highest BCUT2D eigenvalue weighted by atomic mass is 32.1. The molecule has 0 radical (unpaired) electrons.